The van der Waals surface area contributed by atoms with E-state index in [0.717, 1.165) is 45.1 Å². The van der Waals surface area contributed by atoms with Crippen LogP contribution in [-0.2, 0) is 0 Å². The average molecular weight is 651 g/mol. The van der Waals surface area contributed by atoms with Gasteiger partial charge in [0.1, 0.15) is 0 Å². The van der Waals surface area contributed by atoms with Crippen LogP contribution in [0.3, 0.4) is 0 Å². The Morgan fingerprint density at radius 2 is 0.863 bits per heavy atom. The fraction of sp³-hybridized carbons (Fsp3) is 0. The maximum absolute atomic E-state index is 5.17. The Morgan fingerprint density at radius 1 is 0.333 bits per heavy atom. The van der Waals surface area contributed by atoms with Crippen molar-refractivity contribution < 1.29 is 0 Å². The van der Waals surface area contributed by atoms with Crippen molar-refractivity contribution in [3.8, 4) is 22.4 Å². The summed E-state index contributed by atoms with van der Waals surface area (Å²) in [5.74, 6) is 0. The maximum atomic E-state index is 5.17. The molecule has 0 bridgehead atoms. The Morgan fingerprint density at radius 3 is 1.55 bits per heavy atom. The molecule has 0 saturated carbocycles. The van der Waals surface area contributed by atoms with Crippen LogP contribution < -0.4 is 4.90 Å². The SMILES string of the molecule is C(=Cc1cc(-c2ccc3ccccc3c2)cc(-c2ccc3ccccc3c2)n1)c1ccc2cc(N(c3ccccc3)c3ccccc3)ccc2c1. The first kappa shape index (κ1) is 30.3. The molecule has 240 valence electrons. The van der Waals surface area contributed by atoms with Gasteiger partial charge in [-0.15, -0.1) is 0 Å². The lowest BCUT2D eigenvalue weighted by Gasteiger charge is -2.25. The normalized spacial score (nSPS) is 11.5. The van der Waals surface area contributed by atoms with E-state index in [1.165, 1.54) is 37.9 Å². The van der Waals surface area contributed by atoms with Crippen molar-refractivity contribution in [2.24, 2.45) is 0 Å². The first-order valence-corrected chi connectivity index (χ1v) is 17.4. The molecule has 0 saturated heterocycles. The standard InChI is InChI=1S/C49H34N2/c1-3-15-46(16-4-1)51(47-17-5-2-6-18-47)48-28-26-40-29-35(19-21-42(40)33-48)20-27-45-32-44(41-24-22-36-11-7-9-13-38(36)30-41)34-49(50-45)43-25-23-37-12-8-10-14-39(37)31-43/h1-34H. The van der Waals surface area contributed by atoms with Gasteiger partial charge in [0.25, 0.3) is 0 Å². The molecule has 9 aromatic rings. The lowest BCUT2D eigenvalue weighted by atomic mass is 9.98. The summed E-state index contributed by atoms with van der Waals surface area (Å²) in [5.41, 5.74) is 9.81. The Bertz CT molecular complexity index is 2560. The smallest absolute Gasteiger partial charge is 0.0715 e. The second-order valence-corrected chi connectivity index (χ2v) is 12.9. The average Bonchev–Trinajstić information content (AvgIpc) is 3.20. The third kappa shape index (κ3) is 6.27. The number of anilines is 3. The molecule has 0 spiro atoms. The van der Waals surface area contributed by atoms with Crippen molar-refractivity contribution in [3.63, 3.8) is 0 Å². The first-order chi connectivity index (χ1) is 25.2. The molecule has 51 heavy (non-hydrogen) atoms. The van der Waals surface area contributed by atoms with Crippen LogP contribution in [0.2, 0.25) is 0 Å². The summed E-state index contributed by atoms with van der Waals surface area (Å²) in [6.07, 6.45) is 4.31. The highest BCUT2D eigenvalue weighted by Gasteiger charge is 2.13. The number of aromatic nitrogens is 1. The van der Waals surface area contributed by atoms with Crippen LogP contribution in [0.5, 0.6) is 0 Å². The number of hydrogen-bond acceptors (Lipinski definition) is 2. The van der Waals surface area contributed by atoms with Crippen LogP contribution >= 0.6 is 0 Å². The molecule has 2 nitrogen and oxygen atoms in total. The molecule has 0 aliphatic carbocycles. The topological polar surface area (TPSA) is 16.1 Å². The molecule has 0 N–H and O–H groups in total. The Balaban J connectivity index is 1.08. The lowest BCUT2D eigenvalue weighted by Crippen LogP contribution is -2.09. The van der Waals surface area contributed by atoms with Crippen LogP contribution in [0.15, 0.2) is 194 Å². The fourth-order valence-corrected chi connectivity index (χ4v) is 6.95. The Labute approximate surface area is 298 Å². The van der Waals surface area contributed by atoms with Gasteiger partial charge in [0, 0.05) is 22.6 Å². The predicted molar refractivity (Wildman–Crippen MR) is 218 cm³/mol. The predicted octanol–water partition coefficient (Wildman–Crippen LogP) is 13.5. The van der Waals surface area contributed by atoms with Crippen molar-refractivity contribution in [3.05, 3.63) is 205 Å². The van der Waals surface area contributed by atoms with E-state index >= 15 is 0 Å². The summed E-state index contributed by atoms with van der Waals surface area (Å²) < 4.78 is 0. The van der Waals surface area contributed by atoms with Crippen molar-refractivity contribution in [2.75, 3.05) is 4.90 Å². The molecule has 0 radical (unpaired) electrons. The number of rotatable bonds is 7. The molecule has 9 rings (SSSR count). The summed E-state index contributed by atoms with van der Waals surface area (Å²) in [5, 5.41) is 7.28. The fourth-order valence-electron chi connectivity index (χ4n) is 6.95. The van der Waals surface area contributed by atoms with E-state index in [-0.39, 0.29) is 0 Å². The van der Waals surface area contributed by atoms with Crippen molar-refractivity contribution in [2.45, 2.75) is 0 Å². The van der Waals surface area contributed by atoms with E-state index in [2.05, 4.69) is 211 Å². The zero-order chi connectivity index (χ0) is 34.0. The molecule has 0 aliphatic rings. The van der Waals surface area contributed by atoms with Crippen LogP contribution in [0.1, 0.15) is 11.3 Å². The van der Waals surface area contributed by atoms with Crippen LogP contribution in [-0.4, -0.2) is 4.98 Å². The number of hydrogen-bond donors (Lipinski definition) is 0. The van der Waals surface area contributed by atoms with Gasteiger partial charge in [-0.25, -0.2) is 4.98 Å². The highest BCUT2D eigenvalue weighted by molar-refractivity contribution is 5.92. The van der Waals surface area contributed by atoms with Gasteiger partial charge in [0.2, 0.25) is 0 Å². The Kier molecular flexibility index (Phi) is 7.88. The van der Waals surface area contributed by atoms with Gasteiger partial charge < -0.3 is 4.90 Å². The van der Waals surface area contributed by atoms with Crippen molar-refractivity contribution in [1.82, 2.24) is 4.98 Å². The molecule has 8 aromatic carbocycles. The minimum Gasteiger partial charge on any atom is -0.310 e. The largest absolute Gasteiger partial charge is 0.310 e. The molecule has 0 aliphatic heterocycles. The quantitative estimate of drug-likeness (QED) is 0.171. The highest BCUT2D eigenvalue weighted by atomic mass is 15.1. The zero-order valence-electron chi connectivity index (χ0n) is 28.0. The highest BCUT2D eigenvalue weighted by Crippen LogP contribution is 2.36. The number of nitrogens with zero attached hydrogens (tertiary/aromatic N) is 2. The molecule has 0 unspecified atom stereocenters. The third-order valence-electron chi connectivity index (χ3n) is 9.55. The monoisotopic (exact) mass is 650 g/mol. The summed E-state index contributed by atoms with van der Waals surface area (Å²) >= 11 is 0. The zero-order valence-corrected chi connectivity index (χ0v) is 28.0. The molecular formula is C49H34N2. The van der Waals surface area contributed by atoms with Crippen molar-refractivity contribution >= 4 is 61.5 Å². The van der Waals surface area contributed by atoms with E-state index < -0.39 is 0 Å². The van der Waals surface area contributed by atoms with E-state index in [1.54, 1.807) is 0 Å². The van der Waals surface area contributed by atoms with Crippen LogP contribution in [0.25, 0.3) is 66.9 Å². The minimum atomic E-state index is 0.917. The molecule has 1 heterocycles. The Hall–Kier alpha value is -6.77. The van der Waals surface area contributed by atoms with Gasteiger partial charge in [-0.1, -0.05) is 133 Å². The van der Waals surface area contributed by atoms with Gasteiger partial charge >= 0.3 is 0 Å². The minimum absolute atomic E-state index is 0.917. The number of pyridine rings is 1. The molecular weight excluding hydrogens is 617 g/mol. The van der Waals surface area contributed by atoms with Gasteiger partial charge in [0.05, 0.1) is 11.4 Å². The summed E-state index contributed by atoms with van der Waals surface area (Å²) in [4.78, 5) is 7.47. The third-order valence-corrected chi connectivity index (χ3v) is 9.55. The van der Waals surface area contributed by atoms with E-state index in [4.69, 9.17) is 4.98 Å². The molecule has 0 amide bonds. The number of fused-ring (bicyclic) bond motifs is 3. The van der Waals surface area contributed by atoms with Gasteiger partial charge in [0.15, 0.2) is 0 Å². The number of benzene rings is 8. The summed E-state index contributed by atoms with van der Waals surface area (Å²) in [6.45, 7) is 0. The van der Waals surface area contributed by atoms with E-state index in [9.17, 15) is 0 Å². The molecule has 1 aromatic heterocycles. The van der Waals surface area contributed by atoms with Gasteiger partial charge in [-0.3, -0.25) is 0 Å². The lowest BCUT2D eigenvalue weighted by molar-refractivity contribution is 1.29. The van der Waals surface area contributed by atoms with E-state index in [1.807, 2.05) is 0 Å². The van der Waals surface area contributed by atoms with Gasteiger partial charge in [-0.2, -0.15) is 0 Å². The first-order valence-electron chi connectivity index (χ1n) is 17.4. The maximum Gasteiger partial charge on any atom is 0.0715 e. The number of para-hydroxylation sites is 2. The van der Waals surface area contributed by atoms with Crippen LogP contribution in [0, 0.1) is 0 Å². The van der Waals surface area contributed by atoms with Crippen molar-refractivity contribution in [1.29, 1.82) is 0 Å². The summed E-state index contributed by atoms with van der Waals surface area (Å²) in [7, 11) is 0. The van der Waals surface area contributed by atoms with Gasteiger partial charge in [-0.05, 0) is 122 Å². The van der Waals surface area contributed by atoms with E-state index in [0.29, 0.717) is 0 Å². The molecule has 0 fully saturated rings. The second-order valence-electron chi connectivity index (χ2n) is 12.9. The van der Waals surface area contributed by atoms with Crippen LogP contribution in [0.4, 0.5) is 17.1 Å². The molecule has 2 heteroatoms. The second kappa shape index (κ2) is 13.3. The summed E-state index contributed by atoms with van der Waals surface area (Å²) in [6, 6.07) is 69.1. The molecule has 0 atom stereocenters.